The first-order valence-electron chi connectivity index (χ1n) is 7.59. The quantitative estimate of drug-likeness (QED) is 0.876. The minimum absolute atomic E-state index is 0.110. The molecule has 118 valence electrons. The van der Waals surface area contributed by atoms with Crippen molar-refractivity contribution in [2.24, 2.45) is 5.73 Å². The lowest BCUT2D eigenvalue weighted by Crippen LogP contribution is -2.44. The van der Waals surface area contributed by atoms with E-state index in [1.54, 1.807) is 0 Å². The van der Waals surface area contributed by atoms with Crippen LogP contribution in [-0.4, -0.2) is 49.9 Å². The smallest absolute Gasteiger partial charge is 0.138 e. The fourth-order valence-electron chi connectivity index (χ4n) is 2.51. The van der Waals surface area contributed by atoms with Crippen molar-refractivity contribution in [1.82, 2.24) is 4.90 Å². The van der Waals surface area contributed by atoms with Crippen LogP contribution in [0, 0.1) is 0 Å². The summed E-state index contributed by atoms with van der Waals surface area (Å²) in [6, 6.07) is 5.99. The van der Waals surface area contributed by atoms with E-state index in [-0.39, 0.29) is 12.1 Å². The molecule has 2 rings (SSSR count). The van der Waals surface area contributed by atoms with E-state index in [0.717, 1.165) is 38.2 Å². The van der Waals surface area contributed by atoms with Crippen molar-refractivity contribution in [2.45, 2.75) is 32.4 Å². The van der Waals surface area contributed by atoms with E-state index in [1.807, 2.05) is 25.1 Å². The van der Waals surface area contributed by atoms with E-state index in [2.05, 4.69) is 11.8 Å². The average molecular weight is 313 g/mol. The Morgan fingerprint density at radius 1 is 1.52 bits per heavy atom. The number of morpholine rings is 1. The minimum Gasteiger partial charge on any atom is -0.489 e. The van der Waals surface area contributed by atoms with E-state index < -0.39 is 0 Å². The van der Waals surface area contributed by atoms with Crippen molar-refractivity contribution in [3.63, 3.8) is 0 Å². The molecular weight excluding hydrogens is 288 g/mol. The van der Waals surface area contributed by atoms with Crippen molar-refractivity contribution < 1.29 is 9.47 Å². The highest BCUT2D eigenvalue weighted by Gasteiger charge is 2.20. The first-order valence-corrected chi connectivity index (χ1v) is 7.97. The number of hydrogen-bond donors (Lipinski definition) is 1. The van der Waals surface area contributed by atoms with Gasteiger partial charge in [-0.1, -0.05) is 24.6 Å². The molecule has 1 aliphatic rings. The summed E-state index contributed by atoms with van der Waals surface area (Å²) in [7, 11) is 0. The lowest BCUT2D eigenvalue weighted by Gasteiger charge is -2.31. The van der Waals surface area contributed by atoms with Gasteiger partial charge in [0.2, 0.25) is 0 Å². The fraction of sp³-hybridized carbons (Fsp3) is 0.625. The Kier molecular flexibility index (Phi) is 6.30. The summed E-state index contributed by atoms with van der Waals surface area (Å²) in [6.45, 7) is 8.41. The van der Waals surface area contributed by atoms with E-state index >= 15 is 0 Å². The summed E-state index contributed by atoms with van der Waals surface area (Å²) in [4.78, 5) is 2.37. The van der Waals surface area contributed by atoms with Gasteiger partial charge in [-0.05, 0) is 37.6 Å². The maximum atomic E-state index is 6.27. The Morgan fingerprint density at radius 3 is 3.00 bits per heavy atom. The van der Waals surface area contributed by atoms with Gasteiger partial charge in [0.05, 0.1) is 11.6 Å². The molecule has 1 heterocycles. The highest BCUT2D eigenvalue weighted by atomic mass is 35.5. The number of likely N-dealkylation sites (N-methyl/N-ethyl adjacent to an activating group) is 1. The Hall–Kier alpha value is -0.810. The van der Waals surface area contributed by atoms with Crippen LogP contribution in [0.25, 0.3) is 0 Å². The van der Waals surface area contributed by atoms with Gasteiger partial charge >= 0.3 is 0 Å². The summed E-state index contributed by atoms with van der Waals surface area (Å²) in [6.07, 6.45) is 0.926. The van der Waals surface area contributed by atoms with Gasteiger partial charge in [-0.3, -0.25) is 4.90 Å². The van der Waals surface area contributed by atoms with Crippen LogP contribution in [0.4, 0.5) is 0 Å². The van der Waals surface area contributed by atoms with Gasteiger partial charge in [-0.25, -0.2) is 0 Å². The van der Waals surface area contributed by atoms with Crippen LogP contribution in [0.15, 0.2) is 18.2 Å². The van der Waals surface area contributed by atoms with Gasteiger partial charge in [-0.2, -0.15) is 0 Å². The Labute approximate surface area is 132 Å². The SMILES string of the molecule is CCN1CCOC(COc2ccc(CC(C)N)cc2Cl)C1. The first-order chi connectivity index (χ1) is 10.1. The molecule has 1 saturated heterocycles. The van der Waals surface area contributed by atoms with Gasteiger partial charge in [0.1, 0.15) is 18.5 Å². The molecule has 21 heavy (non-hydrogen) atoms. The van der Waals surface area contributed by atoms with Crippen LogP contribution < -0.4 is 10.5 Å². The molecule has 5 heteroatoms. The number of benzene rings is 1. The van der Waals surface area contributed by atoms with Gasteiger partial charge in [0, 0.05) is 19.1 Å². The lowest BCUT2D eigenvalue weighted by atomic mass is 10.1. The third kappa shape index (κ3) is 5.15. The predicted octanol–water partition coefficient (Wildman–Crippen LogP) is 2.33. The van der Waals surface area contributed by atoms with Gasteiger partial charge in [0.15, 0.2) is 0 Å². The second-order valence-electron chi connectivity index (χ2n) is 5.64. The average Bonchev–Trinajstić information content (AvgIpc) is 2.46. The number of nitrogens with zero attached hydrogens (tertiary/aromatic N) is 1. The highest BCUT2D eigenvalue weighted by Crippen LogP contribution is 2.26. The van der Waals surface area contributed by atoms with Crippen molar-refractivity contribution in [2.75, 3.05) is 32.8 Å². The Bertz CT molecular complexity index is 454. The Morgan fingerprint density at radius 2 is 2.33 bits per heavy atom. The zero-order valence-corrected chi connectivity index (χ0v) is 13.6. The molecule has 0 amide bonds. The normalized spacial score (nSPS) is 21.2. The summed E-state index contributed by atoms with van der Waals surface area (Å²) in [5.41, 5.74) is 6.93. The van der Waals surface area contributed by atoms with Crippen LogP contribution in [0.5, 0.6) is 5.75 Å². The molecule has 0 aromatic heterocycles. The van der Waals surface area contributed by atoms with Gasteiger partial charge in [-0.15, -0.1) is 0 Å². The van der Waals surface area contributed by atoms with Crippen molar-refractivity contribution >= 4 is 11.6 Å². The van der Waals surface area contributed by atoms with Crippen LogP contribution in [-0.2, 0) is 11.2 Å². The van der Waals surface area contributed by atoms with Crippen LogP contribution in [0.3, 0.4) is 0 Å². The van der Waals surface area contributed by atoms with Gasteiger partial charge < -0.3 is 15.2 Å². The molecule has 0 saturated carbocycles. The summed E-state index contributed by atoms with van der Waals surface area (Å²) < 4.78 is 11.5. The van der Waals surface area contributed by atoms with Crippen LogP contribution in [0.2, 0.25) is 5.02 Å². The van der Waals surface area contributed by atoms with Gasteiger partial charge in [0.25, 0.3) is 0 Å². The fourth-order valence-corrected chi connectivity index (χ4v) is 2.77. The highest BCUT2D eigenvalue weighted by molar-refractivity contribution is 6.32. The lowest BCUT2D eigenvalue weighted by molar-refractivity contribution is -0.0463. The molecule has 2 N–H and O–H groups in total. The van der Waals surface area contributed by atoms with Crippen molar-refractivity contribution in [3.8, 4) is 5.75 Å². The third-order valence-corrected chi connectivity index (χ3v) is 3.94. The molecule has 1 fully saturated rings. The number of rotatable bonds is 6. The number of halogens is 1. The third-order valence-electron chi connectivity index (χ3n) is 3.65. The molecule has 0 radical (unpaired) electrons. The molecule has 1 aromatic rings. The maximum absolute atomic E-state index is 6.27. The standard InChI is InChI=1S/C16H25ClN2O2/c1-3-19-6-7-20-14(10-19)11-21-16-5-4-13(8-12(2)18)9-15(16)17/h4-5,9,12,14H,3,6-8,10-11,18H2,1-2H3. The van der Waals surface area contributed by atoms with E-state index in [0.29, 0.717) is 17.4 Å². The molecule has 2 atom stereocenters. The van der Waals surface area contributed by atoms with Crippen molar-refractivity contribution in [1.29, 1.82) is 0 Å². The minimum atomic E-state index is 0.110. The first kappa shape index (κ1) is 16.6. The molecule has 2 unspecified atom stereocenters. The summed E-state index contributed by atoms with van der Waals surface area (Å²) >= 11 is 6.27. The van der Waals surface area contributed by atoms with E-state index in [9.17, 15) is 0 Å². The number of ether oxygens (including phenoxy) is 2. The van der Waals surface area contributed by atoms with Crippen LogP contribution >= 0.6 is 11.6 Å². The molecule has 0 spiro atoms. The maximum Gasteiger partial charge on any atom is 0.138 e. The second-order valence-corrected chi connectivity index (χ2v) is 6.05. The van der Waals surface area contributed by atoms with Crippen molar-refractivity contribution in [3.05, 3.63) is 28.8 Å². The largest absolute Gasteiger partial charge is 0.489 e. The molecule has 1 aliphatic heterocycles. The zero-order valence-electron chi connectivity index (χ0n) is 12.8. The summed E-state index contributed by atoms with van der Waals surface area (Å²) in [5, 5.41) is 0.635. The number of hydrogen-bond acceptors (Lipinski definition) is 4. The van der Waals surface area contributed by atoms with E-state index in [1.165, 1.54) is 0 Å². The molecule has 1 aromatic carbocycles. The summed E-state index contributed by atoms with van der Waals surface area (Å²) in [5.74, 6) is 0.710. The molecule has 4 nitrogen and oxygen atoms in total. The molecular formula is C16H25ClN2O2. The topological polar surface area (TPSA) is 47.7 Å². The monoisotopic (exact) mass is 312 g/mol. The number of nitrogens with two attached hydrogens (primary N) is 1. The Balaban J connectivity index is 1.88. The predicted molar refractivity (Wildman–Crippen MR) is 86.2 cm³/mol. The molecule has 0 aliphatic carbocycles. The molecule has 0 bridgehead atoms. The zero-order chi connectivity index (χ0) is 15.2. The second kappa shape index (κ2) is 7.99. The van der Waals surface area contributed by atoms with E-state index in [4.69, 9.17) is 26.8 Å². The van der Waals surface area contributed by atoms with Crippen LogP contribution in [0.1, 0.15) is 19.4 Å².